The van der Waals surface area contributed by atoms with Crippen molar-refractivity contribution in [3.63, 3.8) is 0 Å². The van der Waals surface area contributed by atoms with Gasteiger partial charge in [-0.25, -0.2) is 4.57 Å². The molecule has 0 amide bonds. The molecule has 2 atom stereocenters. The largest absolute Gasteiger partial charge is 0.472 e. The summed E-state index contributed by atoms with van der Waals surface area (Å²) in [5, 5.41) is 0. The van der Waals surface area contributed by atoms with Crippen molar-refractivity contribution >= 4 is 19.8 Å². The third kappa shape index (κ3) is 59.8. The average molecular weight is 1070 g/mol. The fraction of sp³-hybridized carbons (Fsp3) is 0.692. The zero-order valence-corrected chi connectivity index (χ0v) is 48.9. The summed E-state index contributed by atoms with van der Waals surface area (Å²) in [6.07, 6.45) is 81.5. The predicted molar refractivity (Wildman–Crippen MR) is 321 cm³/mol. The zero-order valence-electron chi connectivity index (χ0n) is 48.0. The van der Waals surface area contributed by atoms with Crippen LogP contribution in [-0.4, -0.2) is 49.3 Å². The van der Waals surface area contributed by atoms with Crippen LogP contribution in [0.3, 0.4) is 0 Å². The number of carbonyl (C=O) groups is 2. The highest BCUT2D eigenvalue weighted by Crippen LogP contribution is 2.43. The van der Waals surface area contributed by atoms with E-state index < -0.39 is 26.5 Å². The second kappa shape index (κ2) is 59.9. The molecule has 10 heteroatoms. The number of ether oxygens (including phenoxy) is 2. The first-order valence-electron chi connectivity index (χ1n) is 30.4. The van der Waals surface area contributed by atoms with Crippen molar-refractivity contribution in [1.29, 1.82) is 0 Å². The van der Waals surface area contributed by atoms with Gasteiger partial charge in [-0.2, -0.15) is 0 Å². The Labute approximate surface area is 460 Å². The fourth-order valence-corrected chi connectivity index (χ4v) is 8.94. The van der Waals surface area contributed by atoms with Crippen LogP contribution in [-0.2, 0) is 32.7 Å². The molecule has 0 heterocycles. The van der Waals surface area contributed by atoms with Crippen LogP contribution >= 0.6 is 7.82 Å². The molecule has 0 aromatic carbocycles. The monoisotopic (exact) mass is 1070 g/mol. The highest BCUT2D eigenvalue weighted by Gasteiger charge is 2.26. The van der Waals surface area contributed by atoms with E-state index in [9.17, 15) is 19.0 Å². The van der Waals surface area contributed by atoms with Gasteiger partial charge in [0.15, 0.2) is 6.10 Å². The third-order valence-electron chi connectivity index (χ3n) is 12.6. The van der Waals surface area contributed by atoms with Gasteiger partial charge in [0.1, 0.15) is 6.61 Å². The highest BCUT2D eigenvalue weighted by atomic mass is 31.2. The lowest BCUT2D eigenvalue weighted by Crippen LogP contribution is -2.29. The molecule has 0 aromatic heterocycles. The summed E-state index contributed by atoms with van der Waals surface area (Å²) >= 11 is 0. The van der Waals surface area contributed by atoms with E-state index in [0.717, 1.165) is 96.3 Å². The molecule has 0 aliphatic heterocycles. The van der Waals surface area contributed by atoms with E-state index in [-0.39, 0.29) is 38.6 Å². The van der Waals surface area contributed by atoms with E-state index >= 15 is 0 Å². The molecule has 0 aromatic rings. The van der Waals surface area contributed by atoms with Crippen molar-refractivity contribution in [3.8, 4) is 0 Å². The van der Waals surface area contributed by atoms with Crippen LogP contribution in [0.5, 0.6) is 0 Å². The maximum absolute atomic E-state index is 12.7. The van der Waals surface area contributed by atoms with Gasteiger partial charge in [-0.15, -0.1) is 0 Å². The minimum absolute atomic E-state index is 0.0438. The van der Waals surface area contributed by atoms with E-state index in [0.29, 0.717) is 6.42 Å². The Morgan fingerprint density at radius 1 is 0.413 bits per heavy atom. The van der Waals surface area contributed by atoms with E-state index in [2.05, 4.69) is 123 Å². The fourth-order valence-electron chi connectivity index (χ4n) is 8.18. The number of esters is 2. The van der Waals surface area contributed by atoms with Gasteiger partial charge < -0.3 is 20.1 Å². The highest BCUT2D eigenvalue weighted by molar-refractivity contribution is 7.47. The van der Waals surface area contributed by atoms with Crippen molar-refractivity contribution in [1.82, 2.24) is 0 Å². The van der Waals surface area contributed by atoms with Crippen LogP contribution in [0.15, 0.2) is 109 Å². The number of hydrogen-bond acceptors (Lipinski definition) is 8. The Hall–Kier alpha value is -3.33. The molecule has 430 valence electrons. The molecule has 0 rings (SSSR count). The van der Waals surface area contributed by atoms with Gasteiger partial charge >= 0.3 is 19.8 Å². The number of allylic oxidation sites excluding steroid dienone is 18. The van der Waals surface area contributed by atoms with Crippen molar-refractivity contribution in [2.75, 3.05) is 26.4 Å². The molecule has 0 saturated heterocycles. The standard InChI is InChI=1S/C65H112NO8P/c1-3-5-7-9-11-13-15-17-19-21-23-25-27-28-29-30-31-32-33-34-36-37-39-41-43-45-47-49-51-53-55-57-64(67)71-61-63(62-73-75(69,70)72-60-59-66)74-65(68)58-56-54-52-50-48-46-44-42-40-38-35-26-24-22-20-18-16-14-12-10-8-6-4-2/h6,8,12,14-15,17-18,20-21,23-24,26-28,38,40,44,46,63H,3-5,7,9-11,13,16,19,22,25,29-37,39,41-43,45,47-62,66H2,1-2H3,(H,69,70)/b8-6-,14-12-,17-15-,20-18-,23-21-,26-24-,28-27-,40-38-,46-44-. The Bertz CT molecular complexity index is 1590. The summed E-state index contributed by atoms with van der Waals surface area (Å²) in [5.41, 5.74) is 5.38. The first-order valence-corrected chi connectivity index (χ1v) is 31.9. The lowest BCUT2D eigenvalue weighted by Gasteiger charge is -2.19. The molecule has 9 nitrogen and oxygen atoms in total. The number of carbonyl (C=O) groups excluding carboxylic acids is 2. The molecule has 0 radical (unpaired) electrons. The average Bonchev–Trinajstić information content (AvgIpc) is 3.40. The number of hydrogen-bond donors (Lipinski definition) is 2. The summed E-state index contributed by atoms with van der Waals surface area (Å²) in [6, 6.07) is 0. The smallest absolute Gasteiger partial charge is 0.462 e. The van der Waals surface area contributed by atoms with Gasteiger partial charge in [0.25, 0.3) is 0 Å². The minimum atomic E-state index is -4.40. The molecular formula is C65H112NO8P. The number of unbranched alkanes of at least 4 members (excludes halogenated alkanes) is 25. The maximum atomic E-state index is 12.7. The minimum Gasteiger partial charge on any atom is -0.462 e. The van der Waals surface area contributed by atoms with Crippen molar-refractivity contribution < 1.29 is 37.6 Å². The van der Waals surface area contributed by atoms with Crippen molar-refractivity contribution in [2.45, 2.75) is 264 Å². The first kappa shape index (κ1) is 71.7. The molecule has 0 bridgehead atoms. The second-order valence-electron chi connectivity index (χ2n) is 19.8. The molecule has 0 saturated carbocycles. The molecule has 0 aliphatic rings. The first-order chi connectivity index (χ1) is 36.8. The van der Waals surface area contributed by atoms with Crippen molar-refractivity contribution in [2.24, 2.45) is 5.73 Å². The molecule has 75 heavy (non-hydrogen) atoms. The lowest BCUT2D eigenvalue weighted by atomic mass is 10.0. The number of rotatable bonds is 56. The molecule has 2 unspecified atom stereocenters. The van der Waals surface area contributed by atoms with Crippen LogP contribution in [0.4, 0.5) is 0 Å². The SMILES string of the molecule is CC/C=C\C/C=C\C/C=C\C/C=C\C/C=C\C/C=C\CCCCCCC(=O)OC(COC(=O)CCCCCCCCCCCCCCCCCC/C=C\C/C=C\C/C=C\CCCCCCC)COP(=O)(O)OCCN. The number of phosphoric acid groups is 1. The van der Waals surface area contributed by atoms with Crippen LogP contribution in [0.2, 0.25) is 0 Å². The molecule has 3 N–H and O–H groups in total. The summed E-state index contributed by atoms with van der Waals surface area (Å²) in [6.45, 7) is 3.59. The van der Waals surface area contributed by atoms with Crippen molar-refractivity contribution in [3.05, 3.63) is 109 Å². The molecule has 0 aliphatic carbocycles. The normalized spacial score (nSPS) is 13.8. The van der Waals surface area contributed by atoms with E-state index in [1.807, 2.05) is 0 Å². The third-order valence-corrected chi connectivity index (χ3v) is 13.6. The van der Waals surface area contributed by atoms with Crippen LogP contribution in [0, 0.1) is 0 Å². The topological polar surface area (TPSA) is 134 Å². The van der Waals surface area contributed by atoms with E-state index in [1.165, 1.54) is 128 Å². The molecular weight excluding hydrogens is 954 g/mol. The van der Waals surface area contributed by atoms with Gasteiger partial charge in [-0.3, -0.25) is 18.6 Å². The van der Waals surface area contributed by atoms with Gasteiger partial charge in [-0.05, 0) is 103 Å². The second-order valence-corrected chi connectivity index (χ2v) is 21.3. The Balaban J connectivity index is 3.99. The summed E-state index contributed by atoms with van der Waals surface area (Å²) in [4.78, 5) is 35.2. The zero-order chi connectivity index (χ0) is 54.5. The molecule has 0 fully saturated rings. The summed E-state index contributed by atoms with van der Waals surface area (Å²) in [5.74, 6) is -0.858. The van der Waals surface area contributed by atoms with Gasteiger partial charge in [0, 0.05) is 19.4 Å². The van der Waals surface area contributed by atoms with Crippen LogP contribution in [0.25, 0.3) is 0 Å². The number of phosphoric ester groups is 1. The van der Waals surface area contributed by atoms with Gasteiger partial charge in [0.2, 0.25) is 0 Å². The quantitative estimate of drug-likeness (QED) is 0.0264. The van der Waals surface area contributed by atoms with Gasteiger partial charge in [-0.1, -0.05) is 252 Å². The Kier molecular flexibility index (Phi) is 57.2. The van der Waals surface area contributed by atoms with Gasteiger partial charge in [0.05, 0.1) is 13.2 Å². The van der Waals surface area contributed by atoms with E-state index in [1.54, 1.807) is 0 Å². The Morgan fingerprint density at radius 2 is 0.733 bits per heavy atom. The van der Waals surface area contributed by atoms with Crippen LogP contribution in [0.1, 0.15) is 258 Å². The Morgan fingerprint density at radius 3 is 1.09 bits per heavy atom. The molecule has 0 spiro atoms. The summed E-state index contributed by atoms with van der Waals surface area (Å²) in [7, 11) is -4.40. The maximum Gasteiger partial charge on any atom is 0.472 e. The number of nitrogens with two attached hydrogens (primary N) is 1. The van der Waals surface area contributed by atoms with E-state index in [4.69, 9.17) is 24.3 Å². The van der Waals surface area contributed by atoms with Crippen LogP contribution < -0.4 is 5.73 Å². The summed E-state index contributed by atoms with van der Waals surface area (Å²) < 4.78 is 33.0. The predicted octanol–water partition coefficient (Wildman–Crippen LogP) is 19.4. The lowest BCUT2D eigenvalue weighted by molar-refractivity contribution is -0.161.